The predicted molar refractivity (Wildman–Crippen MR) is 145 cm³/mol. The van der Waals surface area contributed by atoms with Gasteiger partial charge in [-0.1, -0.05) is 73.7 Å². The number of nitrogens with one attached hydrogen (secondary N) is 1. The fraction of sp³-hybridized carbons (Fsp3) is 0.241. The maximum Gasteiger partial charge on any atom is 0.159 e. The highest BCUT2D eigenvalue weighted by atomic mass is 32.1. The van der Waals surface area contributed by atoms with E-state index in [0.717, 1.165) is 35.4 Å². The van der Waals surface area contributed by atoms with Crippen LogP contribution in [0.1, 0.15) is 63.1 Å². The van der Waals surface area contributed by atoms with Crippen LogP contribution in [0.2, 0.25) is 0 Å². The van der Waals surface area contributed by atoms with E-state index in [2.05, 4.69) is 56.9 Å². The molecule has 0 fully saturated rings. The first-order chi connectivity index (χ1) is 15.6. The van der Waals surface area contributed by atoms with Crippen molar-refractivity contribution in [2.24, 2.45) is 5.73 Å². The summed E-state index contributed by atoms with van der Waals surface area (Å²) in [6.45, 7) is 14.7. The van der Waals surface area contributed by atoms with Crippen molar-refractivity contribution in [3.05, 3.63) is 112 Å². The third-order valence-corrected chi connectivity index (χ3v) is 5.85. The van der Waals surface area contributed by atoms with E-state index in [-0.39, 0.29) is 5.78 Å². The third-order valence-electron chi connectivity index (χ3n) is 5.62. The number of benzene rings is 3. The van der Waals surface area contributed by atoms with Gasteiger partial charge in [-0.2, -0.15) is 0 Å². The van der Waals surface area contributed by atoms with Gasteiger partial charge in [-0.25, -0.2) is 0 Å². The minimum Gasteiger partial charge on any atom is -0.389 e. The molecular formula is C29H34N2OS. The summed E-state index contributed by atoms with van der Waals surface area (Å²) in [5, 5.41) is 3.37. The lowest BCUT2D eigenvalue weighted by molar-refractivity contribution is 0.101. The first-order valence-corrected chi connectivity index (χ1v) is 11.5. The average molecular weight is 459 g/mol. The van der Waals surface area contributed by atoms with Crippen LogP contribution < -0.4 is 11.1 Å². The van der Waals surface area contributed by atoms with E-state index in [1.807, 2.05) is 43.3 Å². The van der Waals surface area contributed by atoms with Gasteiger partial charge in [0.05, 0.1) is 0 Å². The summed E-state index contributed by atoms with van der Waals surface area (Å²) in [4.78, 5) is 11.4. The van der Waals surface area contributed by atoms with Crippen molar-refractivity contribution >= 4 is 28.7 Å². The molecule has 0 amide bonds. The van der Waals surface area contributed by atoms with E-state index < -0.39 is 0 Å². The maximum absolute atomic E-state index is 11.0. The lowest BCUT2D eigenvalue weighted by Gasteiger charge is -2.13. The van der Waals surface area contributed by atoms with Gasteiger partial charge in [-0.05, 0) is 80.1 Å². The molecule has 172 valence electrons. The number of aryl methyl sites for hydroxylation is 4. The lowest BCUT2D eigenvalue weighted by Crippen LogP contribution is -2.13. The second-order valence-corrected chi connectivity index (χ2v) is 8.70. The molecule has 3 nitrogen and oxygen atoms in total. The van der Waals surface area contributed by atoms with Crippen molar-refractivity contribution < 1.29 is 4.79 Å². The molecule has 0 radical (unpaired) electrons. The summed E-state index contributed by atoms with van der Waals surface area (Å²) in [7, 11) is 0. The molecule has 0 aliphatic carbocycles. The first kappa shape index (κ1) is 26.0. The third kappa shape index (κ3) is 7.69. The number of nitrogens with two attached hydrogens (primary N) is 1. The van der Waals surface area contributed by atoms with Gasteiger partial charge in [-0.3, -0.25) is 4.79 Å². The molecule has 0 saturated heterocycles. The van der Waals surface area contributed by atoms with Crippen LogP contribution >= 0.6 is 12.2 Å². The van der Waals surface area contributed by atoms with Gasteiger partial charge in [0.2, 0.25) is 0 Å². The number of thiocarbonyl (C=S) groups is 1. The number of ketones is 1. The Hall–Kier alpha value is -3.24. The van der Waals surface area contributed by atoms with Crippen molar-refractivity contribution in [3.63, 3.8) is 0 Å². The van der Waals surface area contributed by atoms with E-state index in [1.165, 1.54) is 27.8 Å². The zero-order valence-corrected chi connectivity index (χ0v) is 21.1. The summed E-state index contributed by atoms with van der Waals surface area (Å²) < 4.78 is 0. The molecule has 33 heavy (non-hydrogen) atoms. The van der Waals surface area contributed by atoms with E-state index in [1.54, 1.807) is 6.92 Å². The molecule has 3 N–H and O–H groups in total. The Morgan fingerprint density at radius 3 is 2.06 bits per heavy atom. The standard InChI is InChI=1S/C18H20N2S.C11H14O/c1-12-5-4-6-15(9-12)14(3)20-11-17-8-7-16(18(19)21)10-13(17)2;1-4-10-5-6-11(9(3)12)7-8(10)2/h4-10,20H,3,11H2,1-2H3,(H2,19,21);5-7H,4H2,1-3H3. The number of carbonyl (C=O) groups is 1. The van der Waals surface area contributed by atoms with Crippen molar-refractivity contribution in [1.29, 1.82) is 0 Å². The quantitative estimate of drug-likeness (QED) is 0.315. The van der Waals surface area contributed by atoms with Gasteiger partial charge < -0.3 is 11.1 Å². The van der Waals surface area contributed by atoms with E-state index in [9.17, 15) is 4.79 Å². The molecule has 0 aliphatic heterocycles. The SMILES string of the molecule is C=C(NCc1ccc(C(N)=S)cc1C)c1cccc(C)c1.CCc1ccc(C(C)=O)cc1C. The molecule has 0 bridgehead atoms. The molecule has 3 rings (SSSR count). The second kappa shape index (κ2) is 12.1. The summed E-state index contributed by atoms with van der Waals surface area (Å²) in [6.07, 6.45) is 1.03. The smallest absolute Gasteiger partial charge is 0.159 e. The van der Waals surface area contributed by atoms with E-state index in [4.69, 9.17) is 18.0 Å². The Morgan fingerprint density at radius 2 is 1.52 bits per heavy atom. The summed E-state index contributed by atoms with van der Waals surface area (Å²) in [6, 6.07) is 20.2. The lowest BCUT2D eigenvalue weighted by atomic mass is 10.0. The van der Waals surface area contributed by atoms with Crippen molar-refractivity contribution in [2.45, 2.75) is 47.6 Å². The van der Waals surface area contributed by atoms with Crippen LogP contribution in [-0.4, -0.2) is 10.8 Å². The Morgan fingerprint density at radius 1 is 0.909 bits per heavy atom. The largest absolute Gasteiger partial charge is 0.389 e. The van der Waals surface area contributed by atoms with Gasteiger partial charge >= 0.3 is 0 Å². The molecule has 3 aromatic carbocycles. The maximum atomic E-state index is 11.0. The molecule has 0 atom stereocenters. The molecule has 4 heteroatoms. The monoisotopic (exact) mass is 458 g/mol. The molecule has 0 heterocycles. The highest BCUT2D eigenvalue weighted by Crippen LogP contribution is 2.15. The Balaban J connectivity index is 0.000000273. The van der Waals surface area contributed by atoms with Crippen LogP contribution in [0.4, 0.5) is 0 Å². The topological polar surface area (TPSA) is 55.1 Å². The Kier molecular flexibility index (Phi) is 9.56. The Labute approximate surface area is 203 Å². The number of hydrogen-bond donors (Lipinski definition) is 2. The van der Waals surface area contributed by atoms with Crippen LogP contribution in [0.5, 0.6) is 0 Å². The van der Waals surface area contributed by atoms with E-state index >= 15 is 0 Å². The van der Waals surface area contributed by atoms with Gasteiger partial charge in [0.1, 0.15) is 4.99 Å². The summed E-state index contributed by atoms with van der Waals surface area (Å²) >= 11 is 5.00. The number of hydrogen-bond acceptors (Lipinski definition) is 3. The first-order valence-electron chi connectivity index (χ1n) is 11.1. The van der Waals surface area contributed by atoms with Gasteiger partial charge in [0.25, 0.3) is 0 Å². The Bertz CT molecular complexity index is 1160. The number of carbonyl (C=O) groups excluding carboxylic acids is 1. The molecule has 3 aromatic rings. The fourth-order valence-electron chi connectivity index (χ4n) is 3.50. The van der Waals surface area contributed by atoms with Gasteiger partial charge in [0, 0.05) is 23.4 Å². The van der Waals surface area contributed by atoms with Crippen LogP contribution in [0.25, 0.3) is 5.70 Å². The van der Waals surface area contributed by atoms with E-state index in [0.29, 0.717) is 4.99 Å². The van der Waals surface area contributed by atoms with Crippen molar-refractivity contribution in [1.82, 2.24) is 5.32 Å². The minimum atomic E-state index is 0.140. The highest BCUT2D eigenvalue weighted by Gasteiger charge is 2.04. The van der Waals surface area contributed by atoms with Gasteiger partial charge in [-0.15, -0.1) is 0 Å². The molecule has 0 aromatic heterocycles. The zero-order valence-electron chi connectivity index (χ0n) is 20.3. The van der Waals surface area contributed by atoms with Crippen molar-refractivity contribution in [3.8, 4) is 0 Å². The average Bonchev–Trinajstić information content (AvgIpc) is 2.78. The zero-order chi connectivity index (χ0) is 24.5. The van der Waals surface area contributed by atoms with Crippen LogP contribution in [0.15, 0.2) is 67.2 Å². The van der Waals surface area contributed by atoms with Crippen LogP contribution in [0, 0.1) is 20.8 Å². The number of Topliss-reactive ketones (excluding diaryl/α,β-unsaturated/α-hetero) is 1. The van der Waals surface area contributed by atoms with Crippen molar-refractivity contribution in [2.75, 3.05) is 0 Å². The highest BCUT2D eigenvalue weighted by molar-refractivity contribution is 7.80. The van der Waals surface area contributed by atoms with Crippen LogP contribution in [-0.2, 0) is 13.0 Å². The molecular weight excluding hydrogens is 424 g/mol. The number of rotatable bonds is 7. The second-order valence-electron chi connectivity index (χ2n) is 8.26. The van der Waals surface area contributed by atoms with Gasteiger partial charge in [0.15, 0.2) is 5.78 Å². The predicted octanol–water partition coefficient (Wildman–Crippen LogP) is 6.46. The van der Waals surface area contributed by atoms with Crippen LogP contribution in [0.3, 0.4) is 0 Å². The fourth-order valence-corrected chi connectivity index (χ4v) is 3.62. The molecule has 0 aliphatic rings. The molecule has 0 saturated carbocycles. The molecule has 0 spiro atoms. The molecule has 0 unspecified atom stereocenters. The minimum absolute atomic E-state index is 0.140. The summed E-state index contributed by atoms with van der Waals surface area (Å²) in [5.74, 6) is 0.140. The normalized spacial score (nSPS) is 10.1. The summed E-state index contributed by atoms with van der Waals surface area (Å²) in [5.41, 5.74) is 15.6.